The van der Waals surface area contributed by atoms with Crippen molar-refractivity contribution in [2.75, 3.05) is 18.8 Å². The van der Waals surface area contributed by atoms with Crippen LogP contribution in [0, 0.1) is 6.92 Å². The molecule has 0 unspecified atom stereocenters. The van der Waals surface area contributed by atoms with Crippen LogP contribution < -0.4 is 10.6 Å². The standard InChI is InChI=1S/C20H24N2O5S/c1-13-2-3-14(10-17(13)24)6-8-21-19(26)12-28-20(27)22-9-7-15-4-5-16(23)18(25)11-15/h2-5,10-11,23-25H,6-9,12H2,1H3,(H,21,26)(H,22,27). The predicted molar refractivity (Wildman–Crippen MR) is 109 cm³/mol. The van der Waals surface area contributed by atoms with Crippen LogP contribution in [0.2, 0.25) is 0 Å². The maximum Gasteiger partial charge on any atom is 0.279 e. The second kappa shape index (κ2) is 10.5. The first-order valence-electron chi connectivity index (χ1n) is 8.82. The molecule has 150 valence electrons. The van der Waals surface area contributed by atoms with Gasteiger partial charge in [-0.1, -0.05) is 30.0 Å². The van der Waals surface area contributed by atoms with E-state index in [1.807, 2.05) is 19.1 Å². The number of carbonyl (C=O) groups excluding carboxylic acids is 2. The number of benzene rings is 2. The van der Waals surface area contributed by atoms with Crippen molar-refractivity contribution in [1.82, 2.24) is 10.6 Å². The number of aryl methyl sites for hydroxylation is 1. The van der Waals surface area contributed by atoms with Gasteiger partial charge in [0.15, 0.2) is 11.5 Å². The normalized spacial score (nSPS) is 10.5. The summed E-state index contributed by atoms with van der Waals surface area (Å²) in [5.74, 6) is -0.368. The lowest BCUT2D eigenvalue weighted by Gasteiger charge is -2.08. The summed E-state index contributed by atoms with van der Waals surface area (Å²) in [5.41, 5.74) is 2.51. The Labute approximate surface area is 167 Å². The second-order valence-electron chi connectivity index (χ2n) is 6.30. The summed E-state index contributed by atoms with van der Waals surface area (Å²) in [4.78, 5) is 23.6. The van der Waals surface area contributed by atoms with E-state index in [1.54, 1.807) is 12.1 Å². The Morgan fingerprint density at radius 3 is 2.11 bits per heavy atom. The maximum absolute atomic E-state index is 11.8. The molecule has 2 amide bonds. The molecule has 0 aliphatic carbocycles. The third-order valence-electron chi connectivity index (χ3n) is 4.07. The molecular formula is C20H24N2O5S. The molecule has 0 saturated carbocycles. The van der Waals surface area contributed by atoms with E-state index in [4.69, 9.17) is 0 Å². The highest BCUT2D eigenvalue weighted by molar-refractivity contribution is 8.14. The van der Waals surface area contributed by atoms with Crippen LogP contribution in [0.5, 0.6) is 17.2 Å². The van der Waals surface area contributed by atoms with E-state index in [2.05, 4.69) is 10.6 Å². The Balaban J connectivity index is 1.60. The van der Waals surface area contributed by atoms with Crippen LogP contribution >= 0.6 is 11.8 Å². The van der Waals surface area contributed by atoms with Gasteiger partial charge in [-0.25, -0.2) is 0 Å². The largest absolute Gasteiger partial charge is 0.508 e. The van der Waals surface area contributed by atoms with E-state index in [0.717, 1.165) is 28.5 Å². The van der Waals surface area contributed by atoms with Crippen molar-refractivity contribution in [2.24, 2.45) is 0 Å². The molecule has 0 radical (unpaired) electrons. The van der Waals surface area contributed by atoms with Gasteiger partial charge >= 0.3 is 0 Å². The Hall–Kier alpha value is -2.87. The number of amides is 2. The fraction of sp³-hybridized carbons (Fsp3) is 0.300. The molecule has 5 N–H and O–H groups in total. The number of carbonyl (C=O) groups is 2. The molecule has 7 nitrogen and oxygen atoms in total. The van der Waals surface area contributed by atoms with Crippen LogP contribution in [0.1, 0.15) is 16.7 Å². The summed E-state index contributed by atoms with van der Waals surface area (Å²) in [6, 6.07) is 9.90. The third kappa shape index (κ3) is 7.03. The summed E-state index contributed by atoms with van der Waals surface area (Å²) < 4.78 is 0. The van der Waals surface area contributed by atoms with E-state index in [-0.39, 0.29) is 34.1 Å². The Kier molecular flexibility index (Phi) is 8.01. The topological polar surface area (TPSA) is 119 Å². The fourth-order valence-corrected chi connectivity index (χ4v) is 2.99. The summed E-state index contributed by atoms with van der Waals surface area (Å²) in [5, 5.41) is 33.5. The van der Waals surface area contributed by atoms with Crippen molar-refractivity contribution >= 4 is 22.9 Å². The van der Waals surface area contributed by atoms with E-state index < -0.39 is 0 Å². The van der Waals surface area contributed by atoms with Crippen LogP contribution in [0.3, 0.4) is 0 Å². The lowest BCUT2D eigenvalue weighted by molar-refractivity contribution is -0.118. The van der Waals surface area contributed by atoms with Gasteiger partial charge in [-0.3, -0.25) is 9.59 Å². The van der Waals surface area contributed by atoms with Gasteiger partial charge in [0, 0.05) is 13.1 Å². The van der Waals surface area contributed by atoms with Crippen molar-refractivity contribution < 1.29 is 24.9 Å². The molecule has 0 atom stereocenters. The molecule has 2 aromatic rings. The fourth-order valence-electron chi connectivity index (χ4n) is 2.42. The Morgan fingerprint density at radius 1 is 0.857 bits per heavy atom. The van der Waals surface area contributed by atoms with Crippen LogP contribution in [0.4, 0.5) is 4.79 Å². The molecule has 0 aromatic heterocycles. The number of phenols is 3. The number of rotatable bonds is 8. The first kappa shape index (κ1) is 21.4. The van der Waals surface area contributed by atoms with Gasteiger partial charge in [-0.2, -0.15) is 0 Å². The van der Waals surface area contributed by atoms with Gasteiger partial charge in [0.1, 0.15) is 5.75 Å². The van der Waals surface area contributed by atoms with E-state index in [0.29, 0.717) is 25.9 Å². The minimum atomic E-state index is -0.304. The molecule has 28 heavy (non-hydrogen) atoms. The minimum absolute atomic E-state index is 0.0188. The summed E-state index contributed by atoms with van der Waals surface area (Å²) in [6.07, 6.45) is 1.09. The van der Waals surface area contributed by atoms with Crippen LogP contribution in [-0.4, -0.2) is 45.3 Å². The molecule has 2 rings (SSSR count). The summed E-state index contributed by atoms with van der Waals surface area (Å²) >= 11 is 0.884. The highest BCUT2D eigenvalue weighted by Gasteiger charge is 2.08. The van der Waals surface area contributed by atoms with Crippen molar-refractivity contribution in [1.29, 1.82) is 0 Å². The molecule has 0 aliphatic heterocycles. The molecule has 8 heteroatoms. The van der Waals surface area contributed by atoms with Crippen molar-refractivity contribution in [3.05, 3.63) is 53.1 Å². The highest BCUT2D eigenvalue weighted by Crippen LogP contribution is 2.24. The third-order valence-corrected chi connectivity index (χ3v) is 4.88. The minimum Gasteiger partial charge on any atom is -0.508 e. The first-order valence-corrected chi connectivity index (χ1v) is 9.80. The highest BCUT2D eigenvalue weighted by atomic mass is 32.2. The molecule has 0 aliphatic rings. The van der Waals surface area contributed by atoms with Crippen molar-refractivity contribution in [2.45, 2.75) is 19.8 Å². The quantitative estimate of drug-likeness (QED) is 0.431. The SMILES string of the molecule is Cc1ccc(CCNC(=O)CSC(=O)NCCc2ccc(O)c(O)c2)cc1O. The monoisotopic (exact) mass is 404 g/mol. The van der Waals surface area contributed by atoms with Gasteiger partial charge in [0.05, 0.1) is 5.75 Å². The summed E-state index contributed by atoms with van der Waals surface area (Å²) in [6.45, 7) is 2.60. The van der Waals surface area contributed by atoms with Crippen LogP contribution in [0.15, 0.2) is 36.4 Å². The molecule has 0 heterocycles. The van der Waals surface area contributed by atoms with E-state index >= 15 is 0 Å². The first-order chi connectivity index (χ1) is 13.3. The number of thioether (sulfide) groups is 1. The van der Waals surface area contributed by atoms with E-state index in [1.165, 1.54) is 12.1 Å². The van der Waals surface area contributed by atoms with Gasteiger partial charge in [-0.05, 0) is 54.7 Å². The zero-order chi connectivity index (χ0) is 20.5. The van der Waals surface area contributed by atoms with Gasteiger partial charge in [-0.15, -0.1) is 0 Å². The predicted octanol–water partition coefficient (Wildman–Crippen LogP) is 2.46. The lowest BCUT2D eigenvalue weighted by atomic mass is 10.1. The lowest BCUT2D eigenvalue weighted by Crippen LogP contribution is -2.29. The molecule has 2 aromatic carbocycles. The zero-order valence-electron chi connectivity index (χ0n) is 15.6. The number of nitrogens with one attached hydrogen (secondary N) is 2. The second-order valence-corrected chi connectivity index (χ2v) is 7.24. The number of hydrogen-bond acceptors (Lipinski definition) is 6. The van der Waals surface area contributed by atoms with Crippen LogP contribution in [-0.2, 0) is 17.6 Å². The van der Waals surface area contributed by atoms with Gasteiger partial charge < -0.3 is 26.0 Å². The number of hydrogen-bond donors (Lipinski definition) is 5. The van der Waals surface area contributed by atoms with Crippen molar-refractivity contribution in [3.63, 3.8) is 0 Å². The molecule has 0 saturated heterocycles. The average Bonchev–Trinajstić information content (AvgIpc) is 2.66. The van der Waals surface area contributed by atoms with Crippen molar-refractivity contribution in [3.8, 4) is 17.2 Å². The van der Waals surface area contributed by atoms with Gasteiger partial charge in [0.2, 0.25) is 5.91 Å². The summed E-state index contributed by atoms with van der Waals surface area (Å²) in [7, 11) is 0. The van der Waals surface area contributed by atoms with Gasteiger partial charge in [0.25, 0.3) is 5.24 Å². The smallest absolute Gasteiger partial charge is 0.279 e. The average molecular weight is 404 g/mol. The molecule has 0 bridgehead atoms. The molecule has 0 spiro atoms. The van der Waals surface area contributed by atoms with Crippen LogP contribution in [0.25, 0.3) is 0 Å². The molecular weight excluding hydrogens is 380 g/mol. The number of phenolic OH excluding ortho intramolecular Hbond substituents is 3. The van der Waals surface area contributed by atoms with E-state index in [9.17, 15) is 24.9 Å². The zero-order valence-corrected chi connectivity index (χ0v) is 16.4. The Morgan fingerprint density at radius 2 is 1.46 bits per heavy atom. The molecule has 0 fully saturated rings. The maximum atomic E-state index is 11.8. The Bertz CT molecular complexity index is 772. The number of aromatic hydroxyl groups is 3.